The molecule has 4 rings (SSSR count). The number of aromatic nitrogens is 3. The number of nitrogens with one attached hydrogen (secondary N) is 6. The van der Waals surface area contributed by atoms with Crippen molar-refractivity contribution in [1.82, 2.24) is 46.9 Å². The van der Waals surface area contributed by atoms with Gasteiger partial charge in [0.15, 0.2) is 18.2 Å². The lowest BCUT2D eigenvalue weighted by molar-refractivity contribution is -0.219. The Morgan fingerprint density at radius 1 is 0.921 bits per heavy atom. The number of hydrogen-bond acceptors (Lipinski definition) is 14. The van der Waals surface area contributed by atoms with Crippen LogP contribution in [0.3, 0.4) is 0 Å². The number of aliphatic imine (C=N–C) groups is 1. The number of carboxylic acid groups (broad SMARTS) is 1. The van der Waals surface area contributed by atoms with Crippen molar-refractivity contribution in [3.8, 4) is 0 Å². The third kappa shape index (κ3) is 14.9. The van der Waals surface area contributed by atoms with Crippen LogP contribution in [0.5, 0.6) is 0 Å². The number of carboxylic acids is 1. The highest BCUT2D eigenvalue weighted by Crippen LogP contribution is 2.23. The second kappa shape index (κ2) is 23.8. The maximum absolute atomic E-state index is 14.1. The van der Waals surface area contributed by atoms with E-state index in [-0.39, 0.29) is 63.3 Å². The fraction of sp³-hybridized carbons (Fsp3) is 0.579. The highest BCUT2D eigenvalue weighted by Gasteiger charge is 2.46. The second-order valence-corrected chi connectivity index (χ2v) is 15.1. The first-order valence-electron chi connectivity index (χ1n) is 20.2. The minimum absolute atomic E-state index is 0.00351. The van der Waals surface area contributed by atoms with E-state index in [2.05, 4.69) is 47.2 Å². The molecule has 0 spiro atoms. The average molecular weight is 891 g/mol. The van der Waals surface area contributed by atoms with Crippen LogP contribution in [0.15, 0.2) is 41.5 Å². The number of amides is 6. The van der Waals surface area contributed by atoms with Gasteiger partial charge in [0, 0.05) is 19.6 Å². The Labute approximate surface area is 360 Å². The van der Waals surface area contributed by atoms with Gasteiger partial charge >= 0.3 is 5.97 Å². The molecule has 24 nitrogen and oxygen atoms in total. The molecule has 10 atom stereocenters. The van der Waals surface area contributed by atoms with Crippen molar-refractivity contribution in [2.24, 2.45) is 16.5 Å². The summed E-state index contributed by atoms with van der Waals surface area (Å²) in [5, 5.41) is 64.2. The molecule has 25 heteroatoms. The first-order valence-corrected chi connectivity index (χ1v) is 20.2. The smallest absolute Gasteiger partial charge is 0.305 e. The summed E-state index contributed by atoms with van der Waals surface area (Å²) in [6.07, 6.45) is -8.85. The van der Waals surface area contributed by atoms with E-state index in [0.717, 1.165) is 12.5 Å². The van der Waals surface area contributed by atoms with Gasteiger partial charge in [0.25, 0.3) is 11.8 Å². The monoisotopic (exact) mass is 890 g/mol. The van der Waals surface area contributed by atoms with E-state index in [1.165, 1.54) is 10.9 Å². The Balaban J connectivity index is 1.56. The quantitative estimate of drug-likeness (QED) is 0.0404. The van der Waals surface area contributed by atoms with Gasteiger partial charge in [-0.3, -0.25) is 38.6 Å². The molecule has 2 bridgehead atoms. The highest BCUT2D eigenvalue weighted by molar-refractivity contribution is 5.94. The van der Waals surface area contributed by atoms with E-state index in [0.29, 0.717) is 0 Å². The topological polar surface area (TPSA) is 377 Å². The van der Waals surface area contributed by atoms with Crippen LogP contribution in [0, 0.1) is 0 Å². The third-order valence-electron chi connectivity index (χ3n) is 10.2. The molecule has 2 aliphatic heterocycles. The molecule has 14 N–H and O–H groups in total. The van der Waals surface area contributed by atoms with E-state index >= 15 is 0 Å². The van der Waals surface area contributed by atoms with E-state index in [1.54, 1.807) is 30.3 Å². The van der Waals surface area contributed by atoms with E-state index in [4.69, 9.17) is 16.2 Å². The van der Waals surface area contributed by atoms with E-state index in [1.807, 2.05) is 0 Å². The Kier molecular flexibility index (Phi) is 18.6. The van der Waals surface area contributed by atoms with E-state index in [9.17, 15) is 58.4 Å². The average Bonchev–Trinajstić information content (AvgIpc) is 3.73. The Hall–Kier alpha value is -6.31. The molecule has 1 aromatic heterocycles. The summed E-state index contributed by atoms with van der Waals surface area (Å²) in [4.78, 5) is 94.6. The molecule has 0 radical (unpaired) electrons. The number of rotatable bonds is 17. The Morgan fingerprint density at radius 2 is 1.63 bits per heavy atom. The van der Waals surface area contributed by atoms with Gasteiger partial charge in [-0.15, -0.1) is 5.10 Å². The molecule has 1 saturated heterocycles. The van der Waals surface area contributed by atoms with E-state index < -0.39 is 122 Å². The number of nitrogens with two attached hydrogens (primary N) is 2. The number of fused-ring (bicyclic) bond motifs is 2. The van der Waals surface area contributed by atoms with Crippen LogP contribution < -0.4 is 43.4 Å². The molecule has 0 aliphatic carbocycles. The first-order chi connectivity index (χ1) is 29.9. The summed E-state index contributed by atoms with van der Waals surface area (Å²) in [5.74, 6) is -6.68. The lowest BCUT2D eigenvalue weighted by Crippen LogP contribution is -2.63. The Bertz CT molecular complexity index is 1930. The predicted octanol–water partition coefficient (Wildman–Crippen LogP) is -4.54. The molecule has 0 saturated carbocycles. The summed E-state index contributed by atoms with van der Waals surface area (Å²) >= 11 is 0. The molecular formula is C38H55FN12O12. The second-order valence-electron chi connectivity index (χ2n) is 15.1. The molecule has 2 aromatic rings. The fourth-order valence-corrected chi connectivity index (χ4v) is 6.75. The molecule has 3 heterocycles. The van der Waals surface area contributed by atoms with Crippen LogP contribution in [0.25, 0.3) is 0 Å². The number of hydrogen-bond donors (Lipinski definition) is 12. The minimum Gasteiger partial charge on any atom is -0.481 e. The lowest BCUT2D eigenvalue weighted by atomic mass is 9.94. The van der Waals surface area contributed by atoms with Gasteiger partial charge in [-0.2, -0.15) is 0 Å². The standard InChI is InChI=1S/C38H55FN12O12/c1-19(39)33(58)44-16-26-29(55)30(56)31(57)32(63-26)37(62)42-12-6-5-11-25-36(61)47-21(10-7-13-43-38(40)41)34(59)45-17-27(52)46-23(15-28(53)54)35(60)48-22(24-18-51(25)50-49-24)14-20-8-3-2-4-9-20/h2-4,8-9,18-19,21-23,25-26,29-32,55-57H,5-7,10-17H2,1H3,(H,42,62)(H,44,58)(H,45,59)(H,46,52)(H,47,61)(H,48,60)(H,53,54)(H4,40,41,43)/t19-,21-,22-,23-,25-,26+,29-,30?,31-,32?/m0/s1. The number of alkyl halides is 1. The van der Waals surface area contributed by atoms with Crippen LogP contribution in [0.2, 0.25) is 0 Å². The van der Waals surface area contributed by atoms with Crippen LogP contribution in [0.1, 0.15) is 68.8 Å². The molecule has 2 unspecified atom stereocenters. The first kappa shape index (κ1) is 49.3. The molecule has 2 aliphatic rings. The summed E-state index contributed by atoms with van der Waals surface area (Å²) in [6, 6.07) is 4.03. The van der Waals surface area contributed by atoms with Gasteiger partial charge in [0.2, 0.25) is 23.6 Å². The number of carbonyl (C=O) groups excluding carboxylic acids is 6. The maximum Gasteiger partial charge on any atom is 0.305 e. The fourth-order valence-electron chi connectivity index (χ4n) is 6.75. The number of guanidine groups is 1. The molecule has 6 amide bonds. The van der Waals surface area contributed by atoms with Crippen molar-refractivity contribution in [2.75, 3.05) is 26.2 Å². The number of aliphatic hydroxyl groups is 3. The maximum atomic E-state index is 14.1. The molecule has 346 valence electrons. The highest BCUT2D eigenvalue weighted by atomic mass is 19.1. The van der Waals surface area contributed by atoms with Crippen molar-refractivity contribution in [3.63, 3.8) is 0 Å². The molecule has 63 heavy (non-hydrogen) atoms. The van der Waals surface area contributed by atoms with Gasteiger partial charge < -0.3 is 68.5 Å². The normalized spacial score (nSPS) is 26.2. The summed E-state index contributed by atoms with van der Waals surface area (Å²) in [7, 11) is 0. The van der Waals surface area contributed by atoms with Crippen LogP contribution in [0.4, 0.5) is 4.39 Å². The van der Waals surface area contributed by atoms with Crippen molar-refractivity contribution in [1.29, 1.82) is 0 Å². The zero-order chi connectivity index (χ0) is 46.2. The number of halogens is 1. The van der Waals surface area contributed by atoms with Crippen LogP contribution in [-0.2, 0) is 44.7 Å². The third-order valence-corrected chi connectivity index (χ3v) is 10.2. The Morgan fingerprint density at radius 3 is 2.32 bits per heavy atom. The molecule has 1 fully saturated rings. The van der Waals surface area contributed by atoms with Crippen molar-refractivity contribution < 1.29 is 63.1 Å². The number of carbonyl (C=O) groups is 7. The van der Waals surface area contributed by atoms with Gasteiger partial charge in [-0.1, -0.05) is 35.5 Å². The predicted molar refractivity (Wildman–Crippen MR) is 216 cm³/mol. The largest absolute Gasteiger partial charge is 0.481 e. The zero-order valence-electron chi connectivity index (χ0n) is 34.4. The number of unbranched alkanes of at least 4 members (excludes halogenated alkanes) is 1. The van der Waals surface area contributed by atoms with Crippen molar-refractivity contribution in [3.05, 3.63) is 47.8 Å². The number of ether oxygens (including phenoxy) is 1. The number of aliphatic carboxylic acids is 1. The van der Waals surface area contributed by atoms with Crippen molar-refractivity contribution >= 4 is 47.4 Å². The van der Waals surface area contributed by atoms with Crippen LogP contribution >= 0.6 is 0 Å². The number of benzene rings is 1. The van der Waals surface area contributed by atoms with Gasteiger partial charge in [-0.05, 0) is 51.0 Å². The van der Waals surface area contributed by atoms with Gasteiger partial charge in [0.05, 0.1) is 25.2 Å². The minimum atomic E-state index is -1.88. The zero-order valence-corrected chi connectivity index (χ0v) is 34.4. The summed E-state index contributed by atoms with van der Waals surface area (Å²) in [6.45, 7) is -0.0934. The molecular weight excluding hydrogens is 835 g/mol. The number of nitrogens with zero attached hydrogens (tertiary/aromatic N) is 4. The van der Waals surface area contributed by atoms with Crippen molar-refractivity contribution in [2.45, 2.75) is 113 Å². The van der Waals surface area contributed by atoms with Gasteiger partial charge in [0.1, 0.15) is 48.2 Å². The number of aliphatic hydroxyl groups excluding tert-OH is 3. The van der Waals surface area contributed by atoms with Crippen LogP contribution in [-0.4, -0.2) is 158 Å². The van der Waals surface area contributed by atoms with Gasteiger partial charge in [-0.25, -0.2) is 9.07 Å². The molecule has 1 aromatic carbocycles. The SMILES string of the molecule is C[C@H](F)C(=O)NC[C@H]1OC(C(=O)NCCCC[C@H]2C(=O)N[C@@H](CCCN=C(N)N)C(=O)NCC(=O)N[C@@H](CC(=O)O)C(=O)N[C@@H](Cc3ccccc3)c3cn2nn3)[C@@H](O)C(O)[C@H]1O. The summed E-state index contributed by atoms with van der Waals surface area (Å²) in [5.41, 5.74) is 11.8. The lowest BCUT2D eigenvalue weighted by Gasteiger charge is -2.40. The summed E-state index contributed by atoms with van der Waals surface area (Å²) < 4.78 is 20.1.